The summed E-state index contributed by atoms with van der Waals surface area (Å²) in [5, 5.41) is 2.87. The van der Waals surface area contributed by atoms with E-state index in [1.807, 2.05) is 30.3 Å². The Balaban J connectivity index is 1.57. The van der Waals surface area contributed by atoms with Gasteiger partial charge in [-0.25, -0.2) is 0 Å². The molecule has 108 valence electrons. The number of halogens is 1. The van der Waals surface area contributed by atoms with Gasteiger partial charge < -0.3 is 14.8 Å². The highest BCUT2D eigenvalue weighted by Crippen LogP contribution is 2.34. The normalized spacial score (nSPS) is 12.2. The molecule has 0 unspecified atom stereocenters. The van der Waals surface area contributed by atoms with Crippen LogP contribution in [-0.4, -0.2) is 12.7 Å². The standard InChI is InChI=1S/C16H14BrNO3/c17-12-3-1-2-11(8-12)4-7-16(19)18-13-5-6-14-15(9-13)21-10-20-14/h1-3,5-6,8-9H,4,7,10H2,(H,18,19). The van der Waals surface area contributed by atoms with Gasteiger partial charge in [0.05, 0.1) is 0 Å². The van der Waals surface area contributed by atoms with E-state index in [0.29, 0.717) is 24.3 Å². The van der Waals surface area contributed by atoms with Gasteiger partial charge in [0.15, 0.2) is 11.5 Å². The van der Waals surface area contributed by atoms with Crippen molar-refractivity contribution in [2.45, 2.75) is 12.8 Å². The summed E-state index contributed by atoms with van der Waals surface area (Å²) < 4.78 is 11.5. The number of ether oxygens (including phenoxy) is 2. The monoisotopic (exact) mass is 347 g/mol. The fourth-order valence-electron chi connectivity index (χ4n) is 2.15. The van der Waals surface area contributed by atoms with Gasteiger partial charge in [0.25, 0.3) is 0 Å². The molecule has 0 radical (unpaired) electrons. The van der Waals surface area contributed by atoms with E-state index < -0.39 is 0 Å². The molecule has 3 rings (SSSR count). The Kier molecular flexibility index (Phi) is 4.10. The molecule has 4 nitrogen and oxygen atoms in total. The molecular formula is C16H14BrNO3. The van der Waals surface area contributed by atoms with Crippen molar-refractivity contribution < 1.29 is 14.3 Å². The maximum absolute atomic E-state index is 12.0. The lowest BCUT2D eigenvalue weighted by atomic mass is 10.1. The van der Waals surface area contributed by atoms with Gasteiger partial charge >= 0.3 is 0 Å². The highest BCUT2D eigenvalue weighted by molar-refractivity contribution is 9.10. The van der Waals surface area contributed by atoms with Crippen LogP contribution in [0.4, 0.5) is 5.69 Å². The van der Waals surface area contributed by atoms with Crippen LogP contribution in [0.2, 0.25) is 0 Å². The fraction of sp³-hybridized carbons (Fsp3) is 0.188. The van der Waals surface area contributed by atoms with Crippen LogP contribution < -0.4 is 14.8 Å². The number of hydrogen-bond donors (Lipinski definition) is 1. The Hall–Kier alpha value is -2.01. The highest BCUT2D eigenvalue weighted by Gasteiger charge is 2.14. The van der Waals surface area contributed by atoms with Crippen LogP contribution in [-0.2, 0) is 11.2 Å². The van der Waals surface area contributed by atoms with Crippen LogP contribution >= 0.6 is 15.9 Å². The number of amides is 1. The molecule has 1 aliphatic rings. The summed E-state index contributed by atoms with van der Waals surface area (Å²) in [6.07, 6.45) is 1.14. The lowest BCUT2D eigenvalue weighted by Crippen LogP contribution is -2.12. The molecule has 0 spiro atoms. The molecule has 1 heterocycles. The van der Waals surface area contributed by atoms with E-state index in [2.05, 4.69) is 21.2 Å². The number of benzene rings is 2. The van der Waals surface area contributed by atoms with Crippen LogP contribution in [0.3, 0.4) is 0 Å². The molecule has 0 aromatic heterocycles. The minimum absolute atomic E-state index is 0.0196. The Morgan fingerprint density at radius 1 is 1.14 bits per heavy atom. The predicted molar refractivity (Wildman–Crippen MR) is 83.7 cm³/mol. The van der Waals surface area contributed by atoms with Crippen molar-refractivity contribution in [1.29, 1.82) is 0 Å². The molecule has 0 atom stereocenters. The van der Waals surface area contributed by atoms with Crippen LogP contribution in [0.1, 0.15) is 12.0 Å². The van der Waals surface area contributed by atoms with Gasteiger partial charge in [-0.15, -0.1) is 0 Å². The lowest BCUT2D eigenvalue weighted by Gasteiger charge is -2.06. The largest absolute Gasteiger partial charge is 0.454 e. The summed E-state index contributed by atoms with van der Waals surface area (Å²) in [7, 11) is 0. The summed E-state index contributed by atoms with van der Waals surface area (Å²) in [5.41, 5.74) is 1.85. The minimum atomic E-state index is -0.0196. The summed E-state index contributed by atoms with van der Waals surface area (Å²) in [6.45, 7) is 0.232. The van der Waals surface area contributed by atoms with E-state index in [1.54, 1.807) is 12.1 Å². The van der Waals surface area contributed by atoms with E-state index in [1.165, 1.54) is 0 Å². The second kappa shape index (κ2) is 6.18. The van der Waals surface area contributed by atoms with Crippen molar-refractivity contribution in [2.24, 2.45) is 0 Å². The third kappa shape index (κ3) is 3.55. The Labute approximate surface area is 131 Å². The van der Waals surface area contributed by atoms with E-state index in [9.17, 15) is 4.79 Å². The molecule has 1 amide bonds. The first-order chi connectivity index (χ1) is 10.2. The van der Waals surface area contributed by atoms with Gasteiger partial charge in [-0.1, -0.05) is 28.1 Å². The van der Waals surface area contributed by atoms with Crippen molar-refractivity contribution in [2.75, 3.05) is 12.1 Å². The SMILES string of the molecule is O=C(CCc1cccc(Br)c1)Nc1ccc2c(c1)OCO2. The molecule has 5 heteroatoms. The third-order valence-electron chi connectivity index (χ3n) is 3.19. The zero-order valence-electron chi connectivity index (χ0n) is 11.3. The number of rotatable bonds is 4. The van der Waals surface area contributed by atoms with Crippen molar-refractivity contribution in [1.82, 2.24) is 0 Å². The molecule has 2 aromatic rings. The number of anilines is 1. The molecular weight excluding hydrogens is 334 g/mol. The van der Waals surface area contributed by atoms with Crippen molar-refractivity contribution in [3.63, 3.8) is 0 Å². The Morgan fingerprint density at radius 2 is 2.00 bits per heavy atom. The Morgan fingerprint density at radius 3 is 2.86 bits per heavy atom. The molecule has 1 N–H and O–H groups in total. The third-order valence-corrected chi connectivity index (χ3v) is 3.68. The maximum atomic E-state index is 12.0. The molecule has 0 fully saturated rings. The molecule has 1 aliphatic heterocycles. The van der Waals surface area contributed by atoms with Crippen LogP contribution in [0.15, 0.2) is 46.9 Å². The number of fused-ring (bicyclic) bond motifs is 1. The van der Waals surface area contributed by atoms with E-state index in [0.717, 1.165) is 15.7 Å². The highest BCUT2D eigenvalue weighted by atomic mass is 79.9. The first kappa shape index (κ1) is 13.9. The van der Waals surface area contributed by atoms with E-state index >= 15 is 0 Å². The number of carbonyl (C=O) groups excluding carboxylic acids is 1. The Bertz CT molecular complexity index is 672. The first-order valence-corrected chi connectivity index (χ1v) is 7.44. The summed E-state index contributed by atoms with van der Waals surface area (Å²) >= 11 is 3.43. The van der Waals surface area contributed by atoms with Crippen LogP contribution in [0, 0.1) is 0 Å². The number of hydrogen-bond acceptors (Lipinski definition) is 3. The minimum Gasteiger partial charge on any atom is -0.454 e. The van der Waals surface area contributed by atoms with Gasteiger partial charge in [0.2, 0.25) is 12.7 Å². The average molecular weight is 348 g/mol. The fourth-order valence-corrected chi connectivity index (χ4v) is 2.59. The van der Waals surface area contributed by atoms with Gasteiger partial charge in [0.1, 0.15) is 0 Å². The van der Waals surface area contributed by atoms with Gasteiger partial charge in [-0.2, -0.15) is 0 Å². The molecule has 0 aliphatic carbocycles. The van der Waals surface area contributed by atoms with E-state index in [-0.39, 0.29) is 12.7 Å². The summed E-state index contributed by atoms with van der Waals surface area (Å²) in [6, 6.07) is 13.4. The van der Waals surface area contributed by atoms with Crippen LogP contribution in [0.5, 0.6) is 11.5 Å². The molecule has 21 heavy (non-hydrogen) atoms. The smallest absolute Gasteiger partial charge is 0.231 e. The summed E-state index contributed by atoms with van der Waals surface area (Å²) in [4.78, 5) is 12.0. The van der Waals surface area contributed by atoms with Gasteiger partial charge in [-0.05, 0) is 36.2 Å². The second-order valence-electron chi connectivity index (χ2n) is 4.75. The zero-order chi connectivity index (χ0) is 14.7. The molecule has 0 saturated carbocycles. The van der Waals surface area contributed by atoms with E-state index in [4.69, 9.17) is 9.47 Å². The topological polar surface area (TPSA) is 47.6 Å². The second-order valence-corrected chi connectivity index (χ2v) is 5.66. The average Bonchev–Trinajstić information content (AvgIpc) is 2.93. The van der Waals surface area contributed by atoms with Crippen molar-refractivity contribution in [3.8, 4) is 11.5 Å². The quantitative estimate of drug-likeness (QED) is 0.916. The van der Waals surface area contributed by atoms with Gasteiger partial charge in [0, 0.05) is 22.6 Å². The number of nitrogens with one attached hydrogen (secondary N) is 1. The van der Waals surface area contributed by atoms with Crippen molar-refractivity contribution in [3.05, 3.63) is 52.5 Å². The molecule has 0 saturated heterocycles. The van der Waals surface area contributed by atoms with Gasteiger partial charge in [-0.3, -0.25) is 4.79 Å². The first-order valence-electron chi connectivity index (χ1n) is 6.65. The lowest BCUT2D eigenvalue weighted by molar-refractivity contribution is -0.116. The van der Waals surface area contributed by atoms with Crippen LogP contribution in [0.25, 0.3) is 0 Å². The van der Waals surface area contributed by atoms with Crippen molar-refractivity contribution >= 4 is 27.5 Å². The number of carbonyl (C=O) groups is 1. The maximum Gasteiger partial charge on any atom is 0.231 e. The summed E-state index contributed by atoms with van der Waals surface area (Å²) in [5.74, 6) is 1.36. The predicted octanol–water partition coefficient (Wildman–Crippen LogP) is 3.75. The number of aryl methyl sites for hydroxylation is 1. The molecule has 0 bridgehead atoms. The zero-order valence-corrected chi connectivity index (χ0v) is 12.9. The molecule has 2 aromatic carbocycles.